The van der Waals surface area contributed by atoms with E-state index in [9.17, 15) is 4.79 Å². The highest BCUT2D eigenvalue weighted by Crippen LogP contribution is 2.44. The summed E-state index contributed by atoms with van der Waals surface area (Å²) < 4.78 is 0.482. The predicted molar refractivity (Wildman–Crippen MR) is 115 cm³/mol. The third-order valence-corrected chi connectivity index (χ3v) is 7.45. The molecule has 3 nitrogen and oxygen atoms in total. The zero-order valence-electron chi connectivity index (χ0n) is 15.4. The summed E-state index contributed by atoms with van der Waals surface area (Å²) in [4.78, 5) is 14.3. The number of benzene rings is 2. The van der Waals surface area contributed by atoms with Gasteiger partial charge < -0.3 is 10.2 Å². The van der Waals surface area contributed by atoms with Crippen LogP contribution in [-0.4, -0.2) is 29.5 Å². The Morgan fingerprint density at radius 3 is 2.50 bits per heavy atom. The number of anilines is 1. The van der Waals surface area contributed by atoms with Crippen molar-refractivity contribution < 1.29 is 4.79 Å². The van der Waals surface area contributed by atoms with Crippen LogP contribution in [0.1, 0.15) is 34.6 Å². The summed E-state index contributed by atoms with van der Waals surface area (Å²) in [5.74, 6) is 2.43. The number of aryl methyl sites for hydroxylation is 1. The molecule has 5 heteroatoms. The van der Waals surface area contributed by atoms with Crippen molar-refractivity contribution in [3.05, 3.63) is 65.2 Å². The van der Waals surface area contributed by atoms with Crippen molar-refractivity contribution in [3.8, 4) is 0 Å². The summed E-state index contributed by atoms with van der Waals surface area (Å²) in [6.07, 6.45) is 2.32. The SMILES string of the molecule is CCc1ccc(CN(C)C(=O)Nc2cccc(C3SCCCS3)c2)cc1. The number of carbonyl (C=O) groups is 1. The number of hydrogen-bond donors (Lipinski definition) is 1. The van der Waals surface area contributed by atoms with Gasteiger partial charge in [-0.25, -0.2) is 4.79 Å². The van der Waals surface area contributed by atoms with E-state index in [1.807, 2.05) is 42.7 Å². The largest absolute Gasteiger partial charge is 0.323 e. The van der Waals surface area contributed by atoms with Gasteiger partial charge in [-0.05, 0) is 53.2 Å². The highest BCUT2D eigenvalue weighted by atomic mass is 32.2. The van der Waals surface area contributed by atoms with Crippen LogP contribution in [0, 0.1) is 0 Å². The predicted octanol–water partition coefficient (Wildman–Crippen LogP) is 5.78. The van der Waals surface area contributed by atoms with Gasteiger partial charge in [-0.1, -0.05) is 43.3 Å². The van der Waals surface area contributed by atoms with E-state index in [1.165, 1.54) is 29.1 Å². The zero-order chi connectivity index (χ0) is 18.4. The number of carbonyl (C=O) groups excluding carboxylic acids is 1. The molecule has 138 valence electrons. The molecule has 0 aliphatic carbocycles. The van der Waals surface area contributed by atoms with Crippen molar-refractivity contribution in [2.75, 3.05) is 23.9 Å². The van der Waals surface area contributed by atoms with Gasteiger partial charge in [0.1, 0.15) is 0 Å². The molecule has 0 unspecified atom stereocenters. The molecule has 3 rings (SSSR count). The Hall–Kier alpha value is -1.59. The minimum Gasteiger partial charge on any atom is -0.323 e. The number of rotatable bonds is 5. The van der Waals surface area contributed by atoms with Crippen LogP contribution in [0.3, 0.4) is 0 Å². The van der Waals surface area contributed by atoms with Gasteiger partial charge in [0.2, 0.25) is 0 Å². The molecular formula is C21H26N2OS2. The maximum atomic E-state index is 12.5. The van der Waals surface area contributed by atoms with Crippen LogP contribution >= 0.6 is 23.5 Å². The smallest absolute Gasteiger partial charge is 0.321 e. The third-order valence-electron chi connectivity index (χ3n) is 4.43. The molecule has 0 saturated carbocycles. The lowest BCUT2D eigenvalue weighted by Crippen LogP contribution is -2.30. The van der Waals surface area contributed by atoms with E-state index in [2.05, 4.69) is 48.6 Å². The molecule has 26 heavy (non-hydrogen) atoms. The lowest BCUT2D eigenvalue weighted by molar-refractivity contribution is 0.220. The topological polar surface area (TPSA) is 32.3 Å². The van der Waals surface area contributed by atoms with Gasteiger partial charge in [0.25, 0.3) is 0 Å². The van der Waals surface area contributed by atoms with Crippen LogP contribution < -0.4 is 5.32 Å². The number of hydrogen-bond acceptors (Lipinski definition) is 3. The number of nitrogens with one attached hydrogen (secondary N) is 1. The Morgan fingerprint density at radius 2 is 1.81 bits per heavy atom. The lowest BCUT2D eigenvalue weighted by atomic mass is 10.1. The zero-order valence-corrected chi connectivity index (χ0v) is 17.0. The van der Waals surface area contributed by atoms with E-state index in [1.54, 1.807) is 4.90 Å². The Balaban J connectivity index is 1.59. The second kappa shape index (κ2) is 9.38. The molecule has 1 N–H and O–H groups in total. The molecule has 2 aromatic carbocycles. The van der Waals surface area contributed by atoms with E-state index < -0.39 is 0 Å². The Bertz CT molecular complexity index is 727. The minimum absolute atomic E-state index is 0.0781. The Labute approximate surface area is 164 Å². The van der Waals surface area contributed by atoms with Crippen molar-refractivity contribution in [2.45, 2.75) is 30.9 Å². The molecule has 1 aliphatic heterocycles. The molecule has 0 spiro atoms. The summed E-state index contributed by atoms with van der Waals surface area (Å²) >= 11 is 3.99. The lowest BCUT2D eigenvalue weighted by Gasteiger charge is -2.22. The van der Waals surface area contributed by atoms with E-state index >= 15 is 0 Å². The molecule has 1 aliphatic rings. The summed E-state index contributed by atoms with van der Waals surface area (Å²) in [6, 6.07) is 16.6. The van der Waals surface area contributed by atoms with Gasteiger partial charge >= 0.3 is 6.03 Å². The molecule has 0 bridgehead atoms. The number of thioether (sulfide) groups is 2. The molecule has 0 aromatic heterocycles. The van der Waals surface area contributed by atoms with Crippen molar-refractivity contribution in [3.63, 3.8) is 0 Å². The fourth-order valence-electron chi connectivity index (χ4n) is 2.89. The van der Waals surface area contributed by atoms with E-state index in [-0.39, 0.29) is 6.03 Å². The number of amides is 2. The van der Waals surface area contributed by atoms with E-state index in [0.717, 1.165) is 17.7 Å². The monoisotopic (exact) mass is 386 g/mol. The standard InChI is InChI=1S/C21H26N2OS2/c1-3-16-8-10-17(11-9-16)15-23(2)21(24)22-19-7-4-6-18(14-19)20-25-12-5-13-26-20/h4,6-11,14,20H,3,5,12-13,15H2,1-2H3,(H,22,24). The van der Waals surface area contributed by atoms with Gasteiger partial charge in [0.05, 0.1) is 4.58 Å². The fraction of sp³-hybridized carbons (Fsp3) is 0.381. The summed E-state index contributed by atoms with van der Waals surface area (Å²) in [5.41, 5.74) is 4.61. The molecule has 2 amide bonds. The van der Waals surface area contributed by atoms with Crippen LogP contribution in [0.4, 0.5) is 10.5 Å². The van der Waals surface area contributed by atoms with Gasteiger partial charge in [0.15, 0.2) is 0 Å². The highest BCUT2D eigenvalue weighted by molar-refractivity contribution is 8.16. The second-order valence-corrected chi connectivity index (χ2v) is 9.23. The van der Waals surface area contributed by atoms with Gasteiger partial charge in [-0.15, -0.1) is 23.5 Å². The van der Waals surface area contributed by atoms with E-state index in [4.69, 9.17) is 0 Å². The Morgan fingerprint density at radius 1 is 1.12 bits per heavy atom. The quantitative estimate of drug-likeness (QED) is 0.707. The minimum atomic E-state index is -0.0781. The molecule has 0 atom stereocenters. The summed E-state index contributed by atoms with van der Waals surface area (Å²) in [7, 11) is 1.83. The van der Waals surface area contributed by atoms with Crippen LogP contribution in [0.2, 0.25) is 0 Å². The second-order valence-electron chi connectivity index (χ2n) is 6.51. The first kappa shape index (κ1) is 19.2. The first-order chi connectivity index (χ1) is 12.7. The van der Waals surface area contributed by atoms with Crippen molar-refractivity contribution in [1.29, 1.82) is 0 Å². The van der Waals surface area contributed by atoms with Crippen LogP contribution in [0.15, 0.2) is 48.5 Å². The fourth-order valence-corrected chi connectivity index (χ4v) is 5.76. The van der Waals surface area contributed by atoms with Gasteiger partial charge in [-0.2, -0.15) is 0 Å². The van der Waals surface area contributed by atoms with Crippen molar-refractivity contribution in [1.82, 2.24) is 4.90 Å². The molecule has 0 radical (unpaired) electrons. The maximum Gasteiger partial charge on any atom is 0.321 e. The van der Waals surface area contributed by atoms with Crippen LogP contribution in [0.25, 0.3) is 0 Å². The van der Waals surface area contributed by atoms with Crippen LogP contribution in [-0.2, 0) is 13.0 Å². The molecule has 2 aromatic rings. The summed E-state index contributed by atoms with van der Waals surface area (Å²) in [6.45, 7) is 2.75. The number of urea groups is 1. The molecule has 1 fully saturated rings. The molecule has 1 saturated heterocycles. The summed E-state index contributed by atoms with van der Waals surface area (Å²) in [5, 5.41) is 3.03. The van der Waals surface area contributed by atoms with E-state index in [0.29, 0.717) is 11.1 Å². The average Bonchev–Trinajstić information content (AvgIpc) is 2.69. The number of nitrogens with zero attached hydrogens (tertiary/aromatic N) is 1. The van der Waals surface area contributed by atoms with Gasteiger partial charge in [0, 0.05) is 19.3 Å². The maximum absolute atomic E-state index is 12.5. The van der Waals surface area contributed by atoms with Crippen molar-refractivity contribution >= 4 is 35.2 Å². The van der Waals surface area contributed by atoms with Gasteiger partial charge in [-0.3, -0.25) is 0 Å². The molecule has 1 heterocycles. The first-order valence-electron chi connectivity index (χ1n) is 9.09. The highest BCUT2D eigenvalue weighted by Gasteiger charge is 2.17. The van der Waals surface area contributed by atoms with Crippen LogP contribution in [0.5, 0.6) is 0 Å². The first-order valence-corrected chi connectivity index (χ1v) is 11.2. The third kappa shape index (κ3) is 5.21. The normalized spacial score (nSPS) is 14.8. The average molecular weight is 387 g/mol. The molecular weight excluding hydrogens is 360 g/mol. The van der Waals surface area contributed by atoms with Crippen molar-refractivity contribution in [2.24, 2.45) is 0 Å². The Kier molecular flexibility index (Phi) is 6.92.